The number of rotatable bonds is 5. The third-order valence-electron chi connectivity index (χ3n) is 3.49. The van der Waals surface area contributed by atoms with E-state index in [1.165, 1.54) is 11.8 Å². The lowest BCUT2D eigenvalue weighted by Gasteiger charge is -2.07. The zero-order chi connectivity index (χ0) is 18.5. The molecule has 0 bridgehead atoms. The van der Waals surface area contributed by atoms with E-state index in [0.29, 0.717) is 0 Å². The first-order valence-electron chi connectivity index (χ1n) is 7.78. The van der Waals surface area contributed by atoms with E-state index in [2.05, 4.69) is 47.4 Å². The van der Waals surface area contributed by atoms with Gasteiger partial charge in [0.1, 0.15) is 0 Å². The summed E-state index contributed by atoms with van der Waals surface area (Å²) in [6, 6.07) is 15.6. The Morgan fingerprint density at radius 3 is 2.65 bits per heavy atom. The number of thioether (sulfide) groups is 1. The second kappa shape index (κ2) is 8.79. The minimum absolute atomic E-state index is 0.152. The van der Waals surface area contributed by atoms with Crippen LogP contribution < -0.4 is 5.43 Å². The highest BCUT2D eigenvalue weighted by Crippen LogP contribution is 2.29. The van der Waals surface area contributed by atoms with Gasteiger partial charge in [0.2, 0.25) is 5.91 Å². The predicted octanol–water partition coefficient (Wildman–Crippen LogP) is 5.31. The second-order valence-corrected chi connectivity index (χ2v) is 8.41. The Morgan fingerprint density at radius 2 is 1.88 bits per heavy atom. The van der Waals surface area contributed by atoms with Crippen molar-refractivity contribution < 1.29 is 4.79 Å². The lowest BCUT2D eigenvalue weighted by atomic mass is 10.2. The van der Waals surface area contributed by atoms with E-state index < -0.39 is 0 Å². The van der Waals surface area contributed by atoms with Crippen molar-refractivity contribution in [2.24, 2.45) is 5.10 Å². The van der Waals surface area contributed by atoms with Crippen molar-refractivity contribution in [3.05, 3.63) is 68.7 Å². The van der Waals surface area contributed by atoms with E-state index in [1.54, 1.807) is 6.21 Å². The lowest BCUT2D eigenvalue weighted by Crippen LogP contribution is -2.19. The molecular weight excluding hydrogens is 478 g/mol. The summed E-state index contributed by atoms with van der Waals surface area (Å²) in [6.07, 6.45) is 1.62. The van der Waals surface area contributed by atoms with E-state index in [-0.39, 0.29) is 11.7 Å². The number of halogens is 2. The fourth-order valence-corrected chi connectivity index (χ4v) is 3.86. The van der Waals surface area contributed by atoms with E-state index in [9.17, 15) is 4.79 Å². The molecule has 0 aliphatic rings. The number of nitrogens with one attached hydrogen (secondary N) is 1. The summed E-state index contributed by atoms with van der Waals surface area (Å²) in [5.41, 5.74) is 5.33. The molecular formula is C19H15Br2N3OS. The van der Waals surface area contributed by atoms with E-state index in [1.807, 2.05) is 55.5 Å². The summed E-state index contributed by atoms with van der Waals surface area (Å²) in [7, 11) is 0. The van der Waals surface area contributed by atoms with Crippen LogP contribution in [0.3, 0.4) is 0 Å². The van der Waals surface area contributed by atoms with E-state index >= 15 is 0 Å². The molecule has 1 amide bonds. The van der Waals surface area contributed by atoms with Crippen LogP contribution >= 0.6 is 43.6 Å². The molecule has 3 rings (SSSR count). The maximum atomic E-state index is 12.1. The highest BCUT2D eigenvalue weighted by Gasteiger charge is 2.08. The van der Waals surface area contributed by atoms with Crippen LogP contribution in [0.2, 0.25) is 0 Å². The third-order valence-corrected chi connectivity index (χ3v) is 5.57. The van der Waals surface area contributed by atoms with Crippen molar-refractivity contribution in [1.82, 2.24) is 10.4 Å². The third kappa shape index (κ3) is 5.16. The molecule has 7 heteroatoms. The molecule has 1 heterocycles. The number of hydrogen-bond acceptors (Lipinski definition) is 4. The minimum atomic E-state index is -0.152. The van der Waals surface area contributed by atoms with Crippen molar-refractivity contribution in [3.8, 4) is 0 Å². The molecule has 0 saturated heterocycles. The normalized spacial score (nSPS) is 11.2. The topological polar surface area (TPSA) is 54.4 Å². The first-order chi connectivity index (χ1) is 12.5. The lowest BCUT2D eigenvalue weighted by molar-refractivity contribution is -0.118. The number of aromatic nitrogens is 1. The van der Waals surface area contributed by atoms with Gasteiger partial charge in [0.05, 0.1) is 17.5 Å². The van der Waals surface area contributed by atoms with Gasteiger partial charge < -0.3 is 0 Å². The number of nitrogens with zero attached hydrogens (tertiary/aromatic N) is 2. The van der Waals surface area contributed by atoms with Gasteiger partial charge in [-0.05, 0) is 48.9 Å². The van der Waals surface area contributed by atoms with Crippen LogP contribution in [-0.2, 0) is 4.79 Å². The van der Waals surface area contributed by atoms with Gasteiger partial charge in [0, 0.05) is 24.9 Å². The van der Waals surface area contributed by atoms with Crippen LogP contribution in [0, 0.1) is 6.92 Å². The summed E-state index contributed by atoms with van der Waals surface area (Å²) in [5.74, 6) is 0.129. The summed E-state index contributed by atoms with van der Waals surface area (Å²) in [6.45, 7) is 1.95. The predicted molar refractivity (Wildman–Crippen MR) is 115 cm³/mol. The summed E-state index contributed by atoms with van der Waals surface area (Å²) in [5, 5.41) is 5.03. The Labute approximate surface area is 172 Å². The fraction of sp³-hybridized carbons (Fsp3) is 0.105. The van der Waals surface area contributed by atoms with Crippen molar-refractivity contribution in [3.63, 3.8) is 0 Å². The Morgan fingerprint density at radius 1 is 1.15 bits per heavy atom. The molecule has 0 unspecified atom stereocenters. The number of benzene rings is 2. The number of amides is 1. The van der Waals surface area contributed by atoms with Crippen molar-refractivity contribution in [1.29, 1.82) is 0 Å². The second-order valence-electron chi connectivity index (χ2n) is 5.56. The van der Waals surface area contributed by atoms with Gasteiger partial charge in [-0.1, -0.05) is 44.0 Å². The maximum absolute atomic E-state index is 12.1. The number of carbonyl (C=O) groups excluding carboxylic acids is 1. The van der Waals surface area contributed by atoms with Gasteiger partial charge in [-0.25, -0.2) is 5.43 Å². The summed E-state index contributed by atoms with van der Waals surface area (Å²) in [4.78, 5) is 17.6. The molecule has 0 saturated carbocycles. The quantitative estimate of drug-likeness (QED) is 0.298. The Bertz CT molecular complexity index is 974. The van der Waals surface area contributed by atoms with Gasteiger partial charge in [-0.3, -0.25) is 9.78 Å². The first kappa shape index (κ1) is 19.1. The SMILES string of the molecule is Cc1cc(SCC(=O)N/N=C\c2ccc(Br)cc2)c2cc(Br)ccc2n1. The van der Waals surface area contributed by atoms with E-state index in [0.717, 1.165) is 36.0 Å². The number of hydrazone groups is 1. The zero-order valence-corrected chi connectivity index (χ0v) is 17.9. The molecule has 0 aliphatic carbocycles. The average molecular weight is 493 g/mol. The molecule has 2 aromatic carbocycles. The summed E-state index contributed by atoms with van der Waals surface area (Å²) < 4.78 is 1.99. The van der Waals surface area contributed by atoms with Crippen LogP contribution in [0.4, 0.5) is 0 Å². The molecule has 1 N–H and O–H groups in total. The number of fused-ring (bicyclic) bond motifs is 1. The number of carbonyl (C=O) groups is 1. The molecule has 1 aromatic heterocycles. The van der Waals surface area contributed by atoms with Crippen molar-refractivity contribution >= 4 is 66.6 Å². The van der Waals surface area contributed by atoms with E-state index in [4.69, 9.17) is 0 Å². The highest BCUT2D eigenvalue weighted by atomic mass is 79.9. The molecule has 0 radical (unpaired) electrons. The molecule has 132 valence electrons. The smallest absolute Gasteiger partial charge is 0.250 e. The van der Waals surface area contributed by atoms with Crippen LogP contribution in [0.25, 0.3) is 10.9 Å². The van der Waals surface area contributed by atoms with Crippen LogP contribution in [0.1, 0.15) is 11.3 Å². The average Bonchev–Trinajstić information content (AvgIpc) is 2.62. The van der Waals surface area contributed by atoms with Crippen LogP contribution in [0.15, 0.2) is 67.5 Å². The number of hydrogen-bond donors (Lipinski definition) is 1. The Balaban J connectivity index is 1.63. The molecule has 0 aliphatic heterocycles. The van der Waals surface area contributed by atoms with Gasteiger partial charge in [0.15, 0.2) is 0 Å². The zero-order valence-electron chi connectivity index (χ0n) is 13.9. The maximum Gasteiger partial charge on any atom is 0.250 e. The monoisotopic (exact) mass is 491 g/mol. The fourth-order valence-electron chi connectivity index (χ4n) is 2.32. The van der Waals surface area contributed by atoms with Crippen molar-refractivity contribution in [2.45, 2.75) is 11.8 Å². The number of aryl methyl sites for hydroxylation is 1. The standard InChI is InChI=1S/C19H15Br2N3OS/c1-12-8-18(16-9-15(21)6-7-17(16)23-12)26-11-19(25)24-22-10-13-2-4-14(20)5-3-13/h2-10H,11H2,1H3,(H,24,25)/b22-10-. The van der Waals surface area contributed by atoms with Crippen LogP contribution in [-0.4, -0.2) is 22.9 Å². The first-order valence-corrected chi connectivity index (χ1v) is 10.4. The Kier molecular flexibility index (Phi) is 6.45. The number of pyridine rings is 1. The van der Waals surface area contributed by atoms with Gasteiger partial charge in [-0.15, -0.1) is 11.8 Å². The minimum Gasteiger partial charge on any atom is -0.272 e. The van der Waals surface area contributed by atoms with Crippen molar-refractivity contribution in [2.75, 3.05) is 5.75 Å². The highest BCUT2D eigenvalue weighted by molar-refractivity contribution is 9.10. The molecule has 0 atom stereocenters. The van der Waals surface area contributed by atoms with Gasteiger partial charge >= 0.3 is 0 Å². The molecule has 0 fully saturated rings. The van der Waals surface area contributed by atoms with Gasteiger partial charge in [0.25, 0.3) is 0 Å². The Hall–Kier alpha value is -1.70. The molecule has 4 nitrogen and oxygen atoms in total. The molecule has 3 aromatic rings. The van der Waals surface area contributed by atoms with Crippen LogP contribution in [0.5, 0.6) is 0 Å². The summed E-state index contributed by atoms with van der Waals surface area (Å²) >= 11 is 8.35. The molecule has 0 spiro atoms. The largest absolute Gasteiger partial charge is 0.272 e. The van der Waals surface area contributed by atoms with Gasteiger partial charge in [-0.2, -0.15) is 5.10 Å². The molecule has 26 heavy (non-hydrogen) atoms.